The topological polar surface area (TPSA) is 82.2 Å². The van der Waals surface area contributed by atoms with Gasteiger partial charge in [0.25, 0.3) is 5.91 Å². The van der Waals surface area contributed by atoms with Crippen LogP contribution in [-0.4, -0.2) is 22.6 Å². The molecule has 5 rings (SSSR count). The van der Waals surface area contributed by atoms with E-state index in [1.165, 1.54) is 23.8 Å². The highest BCUT2D eigenvalue weighted by Gasteiger charge is 2.31. The lowest BCUT2D eigenvalue weighted by Crippen LogP contribution is -2.35. The molecule has 1 fully saturated rings. The lowest BCUT2D eigenvalue weighted by molar-refractivity contribution is 0.101. The van der Waals surface area contributed by atoms with Crippen LogP contribution in [0.25, 0.3) is 0 Å². The van der Waals surface area contributed by atoms with Crippen LogP contribution >= 0.6 is 0 Å². The van der Waals surface area contributed by atoms with Crippen LogP contribution in [0.3, 0.4) is 0 Å². The molecule has 2 aliphatic rings. The van der Waals surface area contributed by atoms with Crippen molar-refractivity contribution < 1.29 is 9.18 Å². The maximum atomic E-state index is 13.8. The fourth-order valence-electron chi connectivity index (χ4n) is 4.86. The molecule has 2 aromatic carbocycles. The first-order chi connectivity index (χ1) is 17.9. The van der Waals surface area contributed by atoms with Crippen LogP contribution in [0.4, 0.5) is 10.1 Å². The summed E-state index contributed by atoms with van der Waals surface area (Å²) >= 11 is 0. The molecule has 1 amide bonds. The third-order valence-corrected chi connectivity index (χ3v) is 9.01. The van der Waals surface area contributed by atoms with Gasteiger partial charge < -0.3 is 9.88 Å². The van der Waals surface area contributed by atoms with E-state index in [-0.39, 0.29) is 11.5 Å². The third kappa shape index (κ3) is 5.84. The number of rotatable bonds is 7. The Hall–Kier alpha value is -3.28. The van der Waals surface area contributed by atoms with Crippen LogP contribution in [0, 0.1) is 23.1 Å². The fraction of sp³-hybridized carbons (Fsp3) is 0.379. The number of fused-ring (bicyclic) bond motifs is 1. The van der Waals surface area contributed by atoms with E-state index in [9.17, 15) is 9.18 Å². The highest BCUT2D eigenvalue weighted by atomic mass is 32.2. The normalized spacial score (nSPS) is 20.1. The quantitative estimate of drug-likeness (QED) is 0.422. The maximum Gasteiger partial charge on any atom is 0.272 e. The zero-order valence-electron chi connectivity index (χ0n) is 21.2. The van der Waals surface area contributed by atoms with E-state index in [0.717, 1.165) is 49.0 Å². The molecule has 1 aliphatic carbocycles. The van der Waals surface area contributed by atoms with Crippen molar-refractivity contribution in [3.63, 3.8) is 0 Å². The summed E-state index contributed by atoms with van der Waals surface area (Å²) in [4.78, 5) is 14.5. The Kier molecular flexibility index (Phi) is 7.54. The number of nitriles is 1. The minimum Gasteiger partial charge on any atom is -0.345 e. The second-order valence-electron chi connectivity index (χ2n) is 10.1. The number of hydrogen-bond donors (Lipinski definition) is 2. The van der Waals surface area contributed by atoms with Crippen molar-refractivity contribution in [3.05, 3.63) is 82.9 Å². The SMILES string of the molecule is CC(CCc1ccccc1)C1CCc2c(cn(C)c2C(=O)Nc2ccc(F)c(C#N)c2)S(=NC2CC2)N1. The molecule has 1 aliphatic heterocycles. The Labute approximate surface area is 220 Å². The van der Waals surface area contributed by atoms with Gasteiger partial charge in [-0.3, -0.25) is 4.79 Å². The van der Waals surface area contributed by atoms with E-state index in [0.29, 0.717) is 29.4 Å². The number of anilines is 1. The summed E-state index contributed by atoms with van der Waals surface area (Å²) in [6.07, 6.45) is 8.11. The predicted octanol–water partition coefficient (Wildman–Crippen LogP) is 5.70. The number of hydrogen-bond acceptors (Lipinski definition) is 3. The summed E-state index contributed by atoms with van der Waals surface area (Å²) in [6, 6.07) is 17.2. The summed E-state index contributed by atoms with van der Waals surface area (Å²) < 4.78 is 24.6. The minimum atomic E-state index is -0.600. The first kappa shape index (κ1) is 25.4. The first-order valence-corrected chi connectivity index (χ1v) is 14.1. The summed E-state index contributed by atoms with van der Waals surface area (Å²) in [5.41, 5.74) is 3.29. The molecule has 2 N–H and O–H groups in total. The smallest absolute Gasteiger partial charge is 0.272 e. The standard InChI is InChI=1S/C29H32FN5OS/c1-19(8-9-20-6-4-3-5-7-20)26-15-13-24-27(37(34-26)33-22-10-11-22)18-35(2)28(24)29(36)32-23-12-14-25(30)21(16-23)17-31/h3-7,12,14,16,18-19,22,26H,8-11,13,15H2,1-2H3,(H,32,36)(H,33,34). The average molecular weight is 518 g/mol. The molecule has 3 atom stereocenters. The number of halogens is 1. The molecular formula is C29H32FN5OS. The van der Waals surface area contributed by atoms with Crippen molar-refractivity contribution >= 4 is 22.5 Å². The van der Waals surface area contributed by atoms with Crippen LogP contribution in [0.15, 0.2) is 64.0 Å². The Morgan fingerprint density at radius 2 is 2.05 bits per heavy atom. The van der Waals surface area contributed by atoms with Crippen LogP contribution in [0.5, 0.6) is 0 Å². The molecule has 6 nitrogen and oxygen atoms in total. The predicted molar refractivity (Wildman–Crippen MR) is 145 cm³/mol. The number of carbonyl (C=O) groups excluding carboxylic acids is 1. The first-order valence-electron chi connectivity index (χ1n) is 12.9. The van der Waals surface area contributed by atoms with Gasteiger partial charge in [-0.1, -0.05) is 37.3 Å². The van der Waals surface area contributed by atoms with E-state index >= 15 is 0 Å². The van der Waals surface area contributed by atoms with Crippen LogP contribution in [0.1, 0.15) is 59.8 Å². The van der Waals surface area contributed by atoms with Crippen molar-refractivity contribution in [3.8, 4) is 6.07 Å². The lowest BCUT2D eigenvalue weighted by Gasteiger charge is -2.24. The van der Waals surface area contributed by atoms with Crippen molar-refractivity contribution in [1.82, 2.24) is 9.29 Å². The molecule has 37 heavy (non-hydrogen) atoms. The fourth-order valence-corrected chi connectivity index (χ4v) is 6.99. The van der Waals surface area contributed by atoms with Gasteiger partial charge in [0.1, 0.15) is 17.6 Å². The van der Waals surface area contributed by atoms with Crippen molar-refractivity contribution in [2.75, 3.05) is 5.32 Å². The van der Waals surface area contributed by atoms with Gasteiger partial charge in [-0.15, -0.1) is 0 Å². The van der Waals surface area contributed by atoms with Gasteiger partial charge >= 0.3 is 0 Å². The van der Waals surface area contributed by atoms with Crippen molar-refractivity contribution in [2.24, 2.45) is 17.3 Å². The third-order valence-electron chi connectivity index (χ3n) is 7.20. The van der Waals surface area contributed by atoms with E-state index in [2.05, 4.69) is 41.2 Å². The summed E-state index contributed by atoms with van der Waals surface area (Å²) in [5, 5.41) is 12.0. The molecule has 0 spiro atoms. The van der Waals surface area contributed by atoms with Crippen LogP contribution < -0.4 is 10.0 Å². The van der Waals surface area contributed by atoms with Crippen molar-refractivity contribution in [2.45, 2.75) is 62.4 Å². The number of aromatic nitrogens is 1. The molecule has 0 saturated heterocycles. The second-order valence-corrected chi connectivity index (χ2v) is 11.5. The van der Waals surface area contributed by atoms with Crippen LogP contribution in [-0.2, 0) is 30.8 Å². The van der Waals surface area contributed by atoms with Gasteiger partial charge in [0.2, 0.25) is 0 Å². The van der Waals surface area contributed by atoms with E-state index < -0.39 is 16.7 Å². The number of nitrogens with one attached hydrogen (secondary N) is 2. The molecule has 1 aromatic heterocycles. The molecule has 3 aromatic rings. The zero-order valence-corrected chi connectivity index (χ0v) is 22.0. The van der Waals surface area contributed by atoms with Gasteiger partial charge in [0, 0.05) is 35.9 Å². The zero-order chi connectivity index (χ0) is 25.9. The molecule has 2 heterocycles. The summed E-state index contributed by atoms with van der Waals surface area (Å²) in [6.45, 7) is 2.31. The Bertz CT molecular complexity index is 1370. The van der Waals surface area contributed by atoms with Crippen LogP contribution in [0.2, 0.25) is 0 Å². The minimum absolute atomic E-state index is 0.0928. The number of carbonyl (C=O) groups is 1. The Balaban J connectivity index is 1.38. The monoisotopic (exact) mass is 517 g/mol. The summed E-state index contributed by atoms with van der Waals surface area (Å²) in [5.74, 6) is -0.398. The highest BCUT2D eigenvalue weighted by Crippen LogP contribution is 2.33. The number of benzene rings is 2. The molecule has 8 heteroatoms. The Morgan fingerprint density at radius 1 is 1.27 bits per heavy atom. The van der Waals surface area contributed by atoms with Gasteiger partial charge in [-0.25, -0.2) is 13.5 Å². The van der Waals surface area contributed by atoms with Gasteiger partial charge in [-0.05, 0) is 73.8 Å². The number of aryl methyl sites for hydroxylation is 2. The molecule has 0 bridgehead atoms. The van der Waals surface area contributed by atoms with Gasteiger partial charge in [0.05, 0.1) is 16.5 Å². The van der Waals surface area contributed by atoms with E-state index in [1.54, 1.807) is 0 Å². The average Bonchev–Trinajstić information content (AvgIpc) is 3.68. The van der Waals surface area contributed by atoms with E-state index in [1.807, 2.05) is 29.9 Å². The molecule has 192 valence electrons. The Morgan fingerprint density at radius 3 is 2.78 bits per heavy atom. The number of nitrogens with zero attached hydrogens (tertiary/aromatic N) is 3. The molecular weight excluding hydrogens is 485 g/mol. The number of amides is 1. The van der Waals surface area contributed by atoms with E-state index in [4.69, 9.17) is 9.62 Å². The van der Waals surface area contributed by atoms with Gasteiger partial charge in [0.15, 0.2) is 0 Å². The summed E-state index contributed by atoms with van der Waals surface area (Å²) in [7, 11) is 1.40. The van der Waals surface area contributed by atoms with Crippen molar-refractivity contribution in [1.29, 1.82) is 5.26 Å². The maximum absolute atomic E-state index is 13.8. The molecule has 0 radical (unpaired) electrons. The second kappa shape index (κ2) is 11.0. The highest BCUT2D eigenvalue weighted by molar-refractivity contribution is 7.85. The van der Waals surface area contributed by atoms with Gasteiger partial charge in [-0.2, -0.15) is 5.26 Å². The lowest BCUT2D eigenvalue weighted by atomic mass is 9.91. The molecule has 3 unspecified atom stereocenters. The largest absolute Gasteiger partial charge is 0.345 e. The molecule has 1 saturated carbocycles.